The number of aromatic nitrogens is 1. The highest BCUT2D eigenvalue weighted by molar-refractivity contribution is 9.10. The molecule has 1 aromatic heterocycles. The number of nitrogen functional groups attached to an aromatic ring is 1. The van der Waals surface area contributed by atoms with E-state index in [1.807, 2.05) is 18.2 Å². The Morgan fingerprint density at radius 2 is 2.05 bits per heavy atom. The SMILES string of the molecule is Nc1ccc(NC2(CO)CCCCC2)c2ncc(Br)cc12. The number of pyridine rings is 1. The molecule has 1 saturated carbocycles. The maximum atomic E-state index is 9.86. The molecule has 2 aromatic rings. The normalized spacial score (nSPS) is 17.8. The lowest BCUT2D eigenvalue weighted by Crippen LogP contribution is -2.43. The quantitative estimate of drug-likeness (QED) is 0.739. The molecule has 112 valence electrons. The fourth-order valence-electron chi connectivity index (χ4n) is 3.15. The lowest BCUT2D eigenvalue weighted by atomic mass is 9.82. The van der Waals surface area contributed by atoms with Crippen LogP contribution in [0.15, 0.2) is 28.9 Å². The summed E-state index contributed by atoms with van der Waals surface area (Å²) >= 11 is 3.44. The van der Waals surface area contributed by atoms with E-state index in [9.17, 15) is 5.11 Å². The van der Waals surface area contributed by atoms with Gasteiger partial charge in [0, 0.05) is 21.7 Å². The van der Waals surface area contributed by atoms with E-state index in [4.69, 9.17) is 5.73 Å². The van der Waals surface area contributed by atoms with Gasteiger partial charge >= 0.3 is 0 Å². The van der Waals surface area contributed by atoms with Gasteiger partial charge in [-0.3, -0.25) is 4.98 Å². The van der Waals surface area contributed by atoms with Crippen LogP contribution < -0.4 is 11.1 Å². The van der Waals surface area contributed by atoms with E-state index in [1.54, 1.807) is 6.20 Å². The minimum atomic E-state index is -0.226. The summed E-state index contributed by atoms with van der Waals surface area (Å²) in [5.74, 6) is 0. The molecule has 0 saturated heterocycles. The van der Waals surface area contributed by atoms with Gasteiger partial charge in [-0.05, 0) is 47.0 Å². The Morgan fingerprint density at radius 1 is 1.29 bits per heavy atom. The molecule has 0 spiro atoms. The molecule has 0 unspecified atom stereocenters. The monoisotopic (exact) mass is 349 g/mol. The number of benzene rings is 1. The molecule has 0 amide bonds. The first kappa shape index (κ1) is 14.6. The summed E-state index contributed by atoms with van der Waals surface area (Å²) in [6.45, 7) is 0.148. The molecule has 0 aliphatic heterocycles. The minimum absolute atomic E-state index is 0.148. The van der Waals surface area contributed by atoms with Crippen molar-refractivity contribution >= 4 is 38.2 Å². The summed E-state index contributed by atoms with van der Waals surface area (Å²) in [5, 5.41) is 14.3. The van der Waals surface area contributed by atoms with Gasteiger partial charge in [-0.1, -0.05) is 19.3 Å². The molecule has 4 nitrogen and oxygen atoms in total. The Balaban J connectivity index is 2.02. The molecule has 1 aliphatic rings. The van der Waals surface area contributed by atoms with E-state index in [0.29, 0.717) is 5.69 Å². The van der Waals surface area contributed by atoms with Crippen LogP contribution in [0.4, 0.5) is 11.4 Å². The Labute approximate surface area is 132 Å². The summed E-state index contributed by atoms with van der Waals surface area (Å²) in [6.07, 6.45) is 7.31. The highest BCUT2D eigenvalue weighted by atomic mass is 79.9. The van der Waals surface area contributed by atoms with Crippen LogP contribution >= 0.6 is 15.9 Å². The first-order valence-electron chi connectivity index (χ1n) is 7.36. The highest BCUT2D eigenvalue weighted by Crippen LogP contribution is 2.35. The molecule has 0 radical (unpaired) electrons. The summed E-state index contributed by atoms with van der Waals surface area (Å²) in [4.78, 5) is 4.50. The maximum absolute atomic E-state index is 9.86. The van der Waals surface area contributed by atoms with Crippen molar-refractivity contribution in [1.82, 2.24) is 4.98 Å². The molecule has 1 aliphatic carbocycles. The molecular formula is C16H20BrN3O. The molecule has 21 heavy (non-hydrogen) atoms. The summed E-state index contributed by atoms with van der Waals surface area (Å²) < 4.78 is 0.911. The summed E-state index contributed by atoms with van der Waals surface area (Å²) in [7, 11) is 0. The molecule has 5 heteroatoms. The smallest absolute Gasteiger partial charge is 0.0954 e. The van der Waals surface area contributed by atoms with Gasteiger partial charge in [-0.15, -0.1) is 0 Å². The van der Waals surface area contributed by atoms with Crippen LogP contribution in [0.3, 0.4) is 0 Å². The maximum Gasteiger partial charge on any atom is 0.0954 e. The molecular weight excluding hydrogens is 330 g/mol. The van der Waals surface area contributed by atoms with Crippen LogP contribution in [0, 0.1) is 0 Å². The van der Waals surface area contributed by atoms with Crippen molar-refractivity contribution in [1.29, 1.82) is 0 Å². The first-order chi connectivity index (χ1) is 10.1. The van der Waals surface area contributed by atoms with E-state index >= 15 is 0 Å². The zero-order chi connectivity index (χ0) is 14.9. The summed E-state index contributed by atoms with van der Waals surface area (Å²) in [5.41, 5.74) is 8.35. The van der Waals surface area contributed by atoms with Crippen molar-refractivity contribution in [3.8, 4) is 0 Å². The number of nitrogens with one attached hydrogen (secondary N) is 1. The third kappa shape index (κ3) is 2.85. The number of aliphatic hydroxyl groups excluding tert-OH is 1. The molecule has 1 fully saturated rings. The van der Waals surface area contributed by atoms with Crippen LogP contribution in [0.5, 0.6) is 0 Å². The summed E-state index contributed by atoms with van der Waals surface area (Å²) in [6, 6.07) is 5.84. The van der Waals surface area contributed by atoms with Crippen LogP contribution in [0.2, 0.25) is 0 Å². The predicted octanol–water partition coefficient (Wildman–Crippen LogP) is 3.69. The number of hydrogen-bond acceptors (Lipinski definition) is 4. The Morgan fingerprint density at radius 3 is 2.76 bits per heavy atom. The zero-order valence-electron chi connectivity index (χ0n) is 11.9. The van der Waals surface area contributed by atoms with Crippen LogP contribution in [-0.2, 0) is 0 Å². The molecule has 3 rings (SSSR count). The third-order valence-corrected chi connectivity index (χ3v) is 4.80. The van der Waals surface area contributed by atoms with Gasteiger partial charge in [0.15, 0.2) is 0 Å². The predicted molar refractivity (Wildman–Crippen MR) is 90.4 cm³/mol. The number of nitrogens with two attached hydrogens (primary N) is 1. The zero-order valence-corrected chi connectivity index (χ0v) is 13.5. The number of halogens is 1. The van der Waals surface area contributed by atoms with Gasteiger partial charge in [0.25, 0.3) is 0 Å². The number of anilines is 2. The van der Waals surface area contributed by atoms with Gasteiger partial charge in [-0.25, -0.2) is 0 Å². The second-order valence-corrected chi connectivity index (χ2v) is 6.79. The highest BCUT2D eigenvalue weighted by Gasteiger charge is 2.31. The largest absolute Gasteiger partial charge is 0.398 e. The average molecular weight is 350 g/mol. The molecule has 1 aromatic carbocycles. The second-order valence-electron chi connectivity index (χ2n) is 5.88. The van der Waals surface area contributed by atoms with E-state index < -0.39 is 0 Å². The number of nitrogens with zero attached hydrogens (tertiary/aromatic N) is 1. The fourth-order valence-corrected chi connectivity index (χ4v) is 3.48. The average Bonchev–Trinajstić information content (AvgIpc) is 2.51. The standard InChI is InChI=1S/C16H20BrN3O/c17-11-8-12-13(18)4-5-14(15(12)19-9-11)20-16(10-21)6-2-1-3-7-16/h4-5,8-9,20-21H,1-3,6-7,10,18H2. The number of rotatable bonds is 3. The van der Waals surface area contributed by atoms with Gasteiger partial charge in [0.05, 0.1) is 23.3 Å². The van der Waals surface area contributed by atoms with Gasteiger partial charge in [0.2, 0.25) is 0 Å². The van der Waals surface area contributed by atoms with E-state index in [0.717, 1.165) is 46.7 Å². The lowest BCUT2D eigenvalue weighted by molar-refractivity contribution is 0.173. The molecule has 0 bridgehead atoms. The Bertz CT molecular complexity index is 653. The van der Waals surface area contributed by atoms with Gasteiger partial charge in [0.1, 0.15) is 0 Å². The van der Waals surface area contributed by atoms with Crippen molar-refractivity contribution in [2.75, 3.05) is 17.7 Å². The number of fused-ring (bicyclic) bond motifs is 1. The van der Waals surface area contributed by atoms with Crippen LogP contribution in [0.25, 0.3) is 10.9 Å². The number of hydrogen-bond donors (Lipinski definition) is 3. The third-order valence-electron chi connectivity index (χ3n) is 4.36. The van der Waals surface area contributed by atoms with E-state index in [1.165, 1.54) is 6.42 Å². The van der Waals surface area contributed by atoms with Gasteiger partial charge in [-0.2, -0.15) is 0 Å². The molecule has 1 heterocycles. The minimum Gasteiger partial charge on any atom is -0.398 e. The van der Waals surface area contributed by atoms with Crippen LogP contribution in [0.1, 0.15) is 32.1 Å². The lowest BCUT2D eigenvalue weighted by Gasteiger charge is -2.37. The van der Waals surface area contributed by atoms with Crippen molar-refractivity contribution in [2.45, 2.75) is 37.6 Å². The number of aliphatic hydroxyl groups is 1. The van der Waals surface area contributed by atoms with Gasteiger partial charge < -0.3 is 16.2 Å². The Kier molecular flexibility index (Phi) is 4.04. The van der Waals surface area contributed by atoms with Crippen molar-refractivity contribution in [3.05, 3.63) is 28.9 Å². The van der Waals surface area contributed by atoms with E-state index in [-0.39, 0.29) is 12.1 Å². The second kappa shape index (κ2) is 5.81. The topological polar surface area (TPSA) is 71.2 Å². The van der Waals surface area contributed by atoms with Crippen molar-refractivity contribution < 1.29 is 5.11 Å². The van der Waals surface area contributed by atoms with Crippen molar-refractivity contribution in [3.63, 3.8) is 0 Å². The van der Waals surface area contributed by atoms with Crippen molar-refractivity contribution in [2.24, 2.45) is 0 Å². The van der Waals surface area contributed by atoms with Crippen LogP contribution in [-0.4, -0.2) is 22.2 Å². The fraction of sp³-hybridized carbons (Fsp3) is 0.438. The molecule has 0 atom stereocenters. The van der Waals surface area contributed by atoms with E-state index in [2.05, 4.69) is 26.2 Å². The first-order valence-corrected chi connectivity index (χ1v) is 8.16. The Hall–Kier alpha value is -1.33. The molecule has 4 N–H and O–H groups in total.